The fourth-order valence-electron chi connectivity index (χ4n) is 4.33. The van der Waals surface area contributed by atoms with Crippen LogP contribution in [0.25, 0.3) is 0 Å². The molecule has 26 heavy (non-hydrogen) atoms. The third kappa shape index (κ3) is 4.00. The number of hydrogen-bond donors (Lipinski definition) is 1. The van der Waals surface area contributed by atoms with E-state index in [1.54, 1.807) is 19.4 Å². The highest BCUT2D eigenvalue weighted by Crippen LogP contribution is 2.43. The van der Waals surface area contributed by atoms with E-state index in [0.717, 1.165) is 44.0 Å². The zero-order valence-corrected chi connectivity index (χ0v) is 16.7. The van der Waals surface area contributed by atoms with Crippen LogP contribution in [0.3, 0.4) is 0 Å². The van der Waals surface area contributed by atoms with Crippen molar-refractivity contribution in [1.82, 2.24) is 20.2 Å². The van der Waals surface area contributed by atoms with Crippen molar-refractivity contribution in [3.8, 4) is 0 Å². The molecule has 1 aliphatic heterocycles. The van der Waals surface area contributed by atoms with Crippen LogP contribution in [0.15, 0.2) is 12.4 Å². The summed E-state index contributed by atoms with van der Waals surface area (Å²) in [4.78, 5) is 25.2. The monoisotopic (exact) mass is 359 g/mol. The number of piperazine rings is 1. The zero-order chi connectivity index (χ0) is 18.7. The van der Waals surface area contributed by atoms with Crippen LogP contribution in [0.4, 0.5) is 5.82 Å². The second-order valence-electron chi connectivity index (χ2n) is 8.37. The fraction of sp³-hybridized carbons (Fsp3) is 0.750. The van der Waals surface area contributed by atoms with Gasteiger partial charge in [-0.25, -0.2) is 9.97 Å². The molecule has 6 nitrogen and oxygen atoms in total. The molecule has 0 aromatic carbocycles. The Bertz CT molecular complexity index is 607. The van der Waals surface area contributed by atoms with E-state index in [4.69, 9.17) is 0 Å². The van der Waals surface area contributed by atoms with Crippen molar-refractivity contribution in [1.29, 1.82) is 0 Å². The maximum absolute atomic E-state index is 11.6. The van der Waals surface area contributed by atoms with Crippen molar-refractivity contribution in [2.24, 2.45) is 11.3 Å². The third-order valence-corrected chi connectivity index (χ3v) is 6.67. The van der Waals surface area contributed by atoms with E-state index in [9.17, 15) is 4.79 Å². The van der Waals surface area contributed by atoms with Gasteiger partial charge in [0.1, 0.15) is 11.5 Å². The van der Waals surface area contributed by atoms with Crippen LogP contribution in [0.1, 0.15) is 56.9 Å². The predicted octanol–water partition coefficient (Wildman–Crippen LogP) is 2.56. The lowest BCUT2D eigenvalue weighted by atomic mass is 9.76. The van der Waals surface area contributed by atoms with E-state index in [2.05, 4.69) is 45.9 Å². The van der Waals surface area contributed by atoms with Gasteiger partial charge in [-0.2, -0.15) is 0 Å². The number of carbonyl (C=O) groups excluding carboxylic acids is 1. The molecule has 1 saturated heterocycles. The maximum atomic E-state index is 11.6. The molecule has 0 spiro atoms. The largest absolute Gasteiger partial charge is 0.354 e. The number of amides is 1. The van der Waals surface area contributed by atoms with E-state index in [0.29, 0.717) is 11.1 Å². The number of anilines is 1. The van der Waals surface area contributed by atoms with Crippen LogP contribution in [0.5, 0.6) is 0 Å². The first kappa shape index (κ1) is 19.1. The lowest BCUT2D eigenvalue weighted by Gasteiger charge is -2.39. The Labute approximate surface area is 157 Å². The molecular formula is C20H33N5O. The molecule has 1 aromatic rings. The number of rotatable bonds is 5. The van der Waals surface area contributed by atoms with Gasteiger partial charge in [-0.1, -0.05) is 27.2 Å². The predicted molar refractivity (Wildman–Crippen MR) is 104 cm³/mol. The van der Waals surface area contributed by atoms with Gasteiger partial charge in [0.15, 0.2) is 0 Å². The van der Waals surface area contributed by atoms with E-state index in [-0.39, 0.29) is 5.91 Å². The summed E-state index contributed by atoms with van der Waals surface area (Å²) in [6.07, 6.45) is 8.61. The molecule has 1 saturated carbocycles. The number of nitrogens with one attached hydrogen (secondary N) is 1. The minimum Gasteiger partial charge on any atom is -0.354 e. The first-order valence-corrected chi connectivity index (χ1v) is 9.97. The highest BCUT2D eigenvalue weighted by Gasteiger charge is 2.37. The summed E-state index contributed by atoms with van der Waals surface area (Å²) in [6.45, 7) is 11.3. The lowest BCUT2D eigenvalue weighted by Crippen LogP contribution is -2.50. The highest BCUT2D eigenvalue weighted by atomic mass is 16.1. The van der Waals surface area contributed by atoms with Crippen molar-refractivity contribution in [2.45, 2.75) is 52.5 Å². The van der Waals surface area contributed by atoms with Crippen LogP contribution >= 0.6 is 0 Å². The van der Waals surface area contributed by atoms with Gasteiger partial charge in [-0.3, -0.25) is 9.69 Å². The van der Waals surface area contributed by atoms with Crippen LogP contribution in [-0.2, 0) is 0 Å². The number of carbonyl (C=O) groups is 1. The van der Waals surface area contributed by atoms with Gasteiger partial charge in [0.2, 0.25) is 0 Å². The van der Waals surface area contributed by atoms with E-state index in [1.165, 1.54) is 25.7 Å². The molecule has 0 radical (unpaired) electrons. The average Bonchev–Trinajstić information content (AvgIpc) is 3.19. The number of nitrogens with zero attached hydrogens (tertiary/aromatic N) is 4. The molecule has 1 amide bonds. The second kappa shape index (κ2) is 7.91. The quantitative estimate of drug-likeness (QED) is 0.875. The van der Waals surface area contributed by atoms with E-state index >= 15 is 0 Å². The van der Waals surface area contributed by atoms with E-state index < -0.39 is 0 Å². The third-order valence-electron chi connectivity index (χ3n) is 6.67. The molecule has 0 bridgehead atoms. The zero-order valence-electron chi connectivity index (χ0n) is 16.7. The molecule has 2 heterocycles. The SMILES string of the molecule is CCC(C)(C)C1CC[C@@H](N2CCN(c3cnc(C(=O)NC)cn3)CC2)C1. The summed E-state index contributed by atoms with van der Waals surface area (Å²) in [6, 6.07) is 0.745. The summed E-state index contributed by atoms with van der Waals surface area (Å²) in [5.41, 5.74) is 0.837. The Morgan fingerprint density at radius 2 is 1.92 bits per heavy atom. The molecule has 144 valence electrons. The van der Waals surface area contributed by atoms with Gasteiger partial charge in [-0.15, -0.1) is 0 Å². The van der Waals surface area contributed by atoms with Gasteiger partial charge in [0, 0.05) is 39.3 Å². The average molecular weight is 360 g/mol. The molecular weight excluding hydrogens is 326 g/mol. The summed E-state index contributed by atoms with van der Waals surface area (Å²) >= 11 is 0. The van der Waals surface area contributed by atoms with Crippen molar-refractivity contribution >= 4 is 11.7 Å². The Morgan fingerprint density at radius 1 is 1.19 bits per heavy atom. The molecule has 2 fully saturated rings. The van der Waals surface area contributed by atoms with E-state index in [1.807, 2.05) is 0 Å². The van der Waals surface area contributed by atoms with Crippen LogP contribution in [0, 0.1) is 11.3 Å². The second-order valence-corrected chi connectivity index (χ2v) is 8.37. The minimum atomic E-state index is -0.195. The fourth-order valence-corrected chi connectivity index (χ4v) is 4.33. The van der Waals surface area contributed by atoms with Crippen molar-refractivity contribution in [2.75, 3.05) is 38.1 Å². The first-order chi connectivity index (χ1) is 12.4. The number of aromatic nitrogens is 2. The lowest BCUT2D eigenvalue weighted by molar-refractivity contribution is 0.0958. The Hall–Kier alpha value is -1.69. The molecule has 2 aliphatic rings. The molecule has 3 rings (SSSR count). The molecule has 1 N–H and O–H groups in total. The van der Waals surface area contributed by atoms with Gasteiger partial charge in [-0.05, 0) is 30.6 Å². The molecule has 2 atom stereocenters. The normalized spacial score (nSPS) is 24.7. The van der Waals surface area contributed by atoms with Crippen LogP contribution in [0.2, 0.25) is 0 Å². The topological polar surface area (TPSA) is 61.4 Å². The van der Waals surface area contributed by atoms with Gasteiger partial charge in [0.05, 0.1) is 12.4 Å². The van der Waals surface area contributed by atoms with Crippen molar-refractivity contribution in [3.63, 3.8) is 0 Å². The smallest absolute Gasteiger partial charge is 0.271 e. The summed E-state index contributed by atoms with van der Waals surface area (Å²) in [5.74, 6) is 1.53. The standard InChI is InChI=1S/C20H33N5O/c1-5-20(2,3)15-6-7-16(12-15)24-8-10-25(11-9-24)18-14-22-17(13-23-18)19(26)21-4/h13-16H,5-12H2,1-4H3,(H,21,26)/t15?,16-/m1/s1. The first-order valence-electron chi connectivity index (χ1n) is 9.97. The number of hydrogen-bond acceptors (Lipinski definition) is 5. The summed E-state index contributed by atoms with van der Waals surface area (Å²) < 4.78 is 0. The van der Waals surface area contributed by atoms with Gasteiger partial charge >= 0.3 is 0 Å². The molecule has 1 aliphatic carbocycles. The van der Waals surface area contributed by atoms with Crippen LogP contribution in [-0.4, -0.2) is 60.0 Å². The summed E-state index contributed by atoms with van der Waals surface area (Å²) in [5, 5.41) is 2.57. The van der Waals surface area contributed by atoms with Crippen LogP contribution < -0.4 is 10.2 Å². The molecule has 6 heteroatoms. The summed E-state index contributed by atoms with van der Waals surface area (Å²) in [7, 11) is 1.60. The Balaban J connectivity index is 1.52. The highest BCUT2D eigenvalue weighted by molar-refractivity contribution is 5.91. The maximum Gasteiger partial charge on any atom is 0.271 e. The van der Waals surface area contributed by atoms with Gasteiger partial charge in [0.25, 0.3) is 5.91 Å². The Morgan fingerprint density at radius 3 is 2.50 bits per heavy atom. The van der Waals surface area contributed by atoms with Crippen molar-refractivity contribution in [3.05, 3.63) is 18.1 Å². The molecule has 1 aromatic heterocycles. The Kier molecular flexibility index (Phi) is 5.80. The van der Waals surface area contributed by atoms with Gasteiger partial charge < -0.3 is 10.2 Å². The molecule has 1 unspecified atom stereocenters. The minimum absolute atomic E-state index is 0.195. The van der Waals surface area contributed by atoms with Crippen molar-refractivity contribution < 1.29 is 4.79 Å².